The summed E-state index contributed by atoms with van der Waals surface area (Å²) in [6.45, 7) is 1.10. The molecule has 0 radical (unpaired) electrons. The number of ether oxygens (including phenoxy) is 2. The fourth-order valence-electron chi connectivity index (χ4n) is 13.3. The van der Waals surface area contributed by atoms with E-state index in [2.05, 4.69) is 99.0 Å². The van der Waals surface area contributed by atoms with E-state index in [1.807, 2.05) is 32.3 Å². The van der Waals surface area contributed by atoms with Crippen molar-refractivity contribution in [2.75, 3.05) is 92.4 Å². The number of H-pyrrole nitrogens is 1. The Labute approximate surface area is 843 Å². The van der Waals surface area contributed by atoms with Crippen molar-refractivity contribution in [2.45, 2.75) is 233 Å². The number of hydrogen-bond donors (Lipinski definition) is 33. The Morgan fingerprint density at radius 3 is 1.42 bits per heavy atom. The van der Waals surface area contributed by atoms with E-state index in [0.29, 0.717) is 33.4 Å². The molecule has 0 aliphatic rings. The van der Waals surface area contributed by atoms with Crippen molar-refractivity contribution >= 4 is 168 Å². The number of nitrogen functional groups attached to an aromatic ring is 1. The van der Waals surface area contributed by atoms with Crippen molar-refractivity contribution in [2.24, 2.45) is 5.92 Å². The van der Waals surface area contributed by atoms with E-state index >= 15 is 0 Å². The van der Waals surface area contributed by atoms with Gasteiger partial charge < -0.3 is 181 Å². The Bertz CT molecular complexity index is 5400. The molecule has 19 atom stereocenters. The molecule has 146 heavy (non-hydrogen) atoms. The summed E-state index contributed by atoms with van der Waals surface area (Å²) in [4.78, 5) is 233. The van der Waals surface area contributed by atoms with Crippen molar-refractivity contribution in [1.82, 2.24) is 92.6 Å². The van der Waals surface area contributed by atoms with Gasteiger partial charge in [0, 0.05) is 104 Å². The zero-order valence-electron chi connectivity index (χ0n) is 79.3. The number of carboxylic acids is 3. The lowest BCUT2D eigenvalue weighted by Crippen LogP contribution is -2.59. The molecule has 34 N–H and O–H groups in total. The van der Waals surface area contributed by atoms with Crippen LogP contribution in [0.5, 0.6) is 0 Å². The average molecular weight is 2130 g/mol. The Kier molecular flexibility index (Phi) is 51.4. The molecule has 4 aromatic heterocycles. The number of aliphatic hydroxyl groups is 15. The number of aromatic amines is 1. The number of imidazole rings is 1. The van der Waals surface area contributed by atoms with Crippen LogP contribution < -0.4 is 80.4 Å². The van der Waals surface area contributed by atoms with E-state index in [1.54, 1.807) is 30.6 Å². The van der Waals surface area contributed by atoms with E-state index in [0.717, 1.165) is 21.6 Å². The number of nitrogens with zero attached hydrogens (tertiary/aromatic N) is 7. The number of aliphatic carboxylic acids is 3. The number of carboxylic acid groups (broad SMARTS) is 3. The number of amides is 10. The molecule has 0 saturated heterocycles. The standard InChI is InChI=1S/C86H125ClN22O35S2/c1-39(2)52(104-85-106-74(97-44-7-5-6-42(87)28-44)65-75(107-85)109(38-95-65)40(3)4)37-144-86(142)143-25-27-146-145-26-24-89-77(134)46(12-18-59(119)91-31-53(113)67(127)70(130)56(116)34-110)99-80(137)49(16-22-63(123)124)102-79(136)48(14-20-61(121)93-33-55(115)69(129)72(132)58(118)36-112)100-81(138)50(17-23-64(125)126)101-78(135)47(13-19-60(120)92-32-54(114)68(128)71(131)57(117)35-111)98-62(122)21-15-51(83(140)141)103-76(133)41-8-10-43(11-9-41)90-29-45-30-94-73-66(96-45)82(139)108-84(88)105-73/h5-11,28,30,38-40,46-58,67-72,90,110-118,127-132H,12-27,29,31-37H2,1-4H3,(H,89,134)(H,91,119)(H,92,120)(H,93,121)(H,98,122)(H,99,137)(H,100,138)(H,101,135)(H,102,136)(H,103,133)(H,123,124)(H,125,126)(H,140,141)(H2,97,104,106,107)(H3,88,94,105,108,139)/t46-,47-,48-,49-,50-,51-,52-,53-,54-,55-,56+,57+,58+,67+,68+,69+,70+,71+,72+/m0/s1. The first-order valence-electron chi connectivity index (χ1n) is 45.6. The van der Waals surface area contributed by atoms with Crippen molar-refractivity contribution in [3.8, 4) is 0 Å². The number of carbonyl (C=O) groups is 14. The van der Waals surface area contributed by atoms with E-state index in [1.165, 1.54) is 30.5 Å². The van der Waals surface area contributed by atoms with Gasteiger partial charge in [-0.3, -0.25) is 67.3 Å². The maximum Gasteiger partial charge on any atom is 0.508 e. The second-order valence-electron chi connectivity index (χ2n) is 33.8. The monoisotopic (exact) mass is 2120 g/mol. The van der Waals surface area contributed by atoms with Crippen LogP contribution in [0.25, 0.3) is 22.3 Å². The van der Waals surface area contributed by atoms with Crippen molar-refractivity contribution in [1.29, 1.82) is 0 Å². The van der Waals surface area contributed by atoms with E-state index in [9.17, 15) is 164 Å². The SMILES string of the molecule is CC(C)[C@H](COC(=O)OCCSSCCNC(=O)[C@H](CCC(=O)NC[C@H](O)[C@@H](O)[C@H](O)[C@H](O)CO)NC(=O)[C@H](CCC(=O)O)NC(=O)[C@H](CCC(=O)NC[C@H](O)[C@@H](O)[C@H](O)[C@H](O)CO)NC(=O)[C@H](CCC(=O)O)NC(=O)[C@H](CCC(=O)NC[C@H](O)[C@@H](O)[C@H](O)[C@H](O)CO)NC(=O)CC[C@H](NC(=O)c1ccc(NCc2cnc3nc(N)[nH]c(=O)c3n2)cc1)C(=O)O)Nc1nc(Nc2cccc(Cl)c2)c2ncn(C(C)C)c2n1. The van der Waals surface area contributed by atoms with Crippen LogP contribution >= 0.6 is 33.2 Å². The highest BCUT2D eigenvalue weighted by molar-refractivity contribution is 8.76. The molecule has 10 amide bonds. The molecule has 6 rings (SSSR count). The number of rotatable bonds is 67. The van der Waals surface area contributed by atoms with Gasteiger partial charge in [0.2, 0.25) is 65.1 Å². The molecule has 0 aliphatic heterocycles. The lowest BCUT2D eigenvalue weighted by Gasteiger charge is -2.27. The van der Waals surface area contributed by atoms with Gasteiger partial charge in [0.1, 0.15) is 104 Å². The van der Waals surface area contributed by atoms with Gasteiger partial charge >= 0.3 is 24.1 Å². The molecule has 0 unspecified atom stereocenters. The Morgan fingerprint density at radius 1 is 0.493 bits per heavy atom. The Balaban J connectivity index is 1.21. The third kappa shape index (κ3) is 40.9. The number of aromatic nitrogens is 8. The molecule has 60 heteroatoms. The zero-order chi connectivity index (χ0) is 108. The average Bonchev–Trinajstić information content (AvgIpc) is 1.63. The van der Waals surface area contributed by atoms with E-state index in [4.69, 9.17) is 31.8 Å². The molecule has 808 valence electrons. The summed E-state index contributed by atoms with van der Waals surface area (Å²) in [5, 5.41) is 213. The van der Waals surface area contributed by atoms with Crippen LogP contribution in [0.4, 0.5) is 33.9 Å². The second-order valence-corrected chi connectivity index (χ2v) is 36.9. The van der Waals surface area contributed by atoms with Crippen LogP contribution in [-0.4, -0.2) is 401 Å². The summed E-state index contributed by atoms with van der Waals surface area (Å²) < 4.78 is 12.7. The summed E-state index contributed by atoms with van der Waals surface area (Å²) >= 11 is 6.26. The first-order chi connectivity index (χ1) is 69.1. The number of hydrogen-bond acceptors (Lipinski definition) is 44. The molecule has 2 aromatic carbocycles. The van der Waals surface area contributed by atoms with Gasteiger partial charge in [-0.25, -0.2) is 24.5 Å². The molecule has 0 fully saturated rings. The van der Waals surface area contributed by atoms with Gasteiger partial charge in [-0.05, 0) is 101 Å². The maximum absolute atomic E-state index is 14.9. The third-order valence-electron chi connectivity index (χ3n) is 21.8. The van der Waals surface area contributed by atoms with Crippen LogP contribution in [-0.2, 0) is 73.6 Å². The topological polar surface area (TPSA) is 919 Å². The number of anilines is 5. The van der Waals surface area contributed by atoms with Crippen LogP contribution in [0.1, 0.15) is 127 Å². The molecule has 0 spiro atoms. The van der Waals surface area contributed by atoms with Crippen LogP contribution in [0.2, 0.25) is 5.02 Å². The molecule has 0 saturated carbocycles. The van der Waals surface area contributed by atoms with E-state index < -0.39 is 321 Å². The minimum Gasteiger partial charge on any atom is -0.481 e. The lowest BCUT2D eigenvalue weighted by atomic mass is 10.0. The number of nitrogens with two attached hydrogens (primary N) is 1. The summed E-state index contributed by atoms with van der Waals surface area (Å²) in [5.41, 5.74) is 6.98. The van der Waals surface area contributed by atoms with Crippen LogP contribution in [0, 0.1) is 5.92 Å². The molecule has 6 aromatic rings. The Hall–Kier alpha value is -12.8. The minimum atomic E-state index is -2.25. The minimum absolute atomic E-state index is 0.00137. The quantitative estimate of drug-likeness (QED) is 0.00958. The molecular formula is C86H125ClN22O35S2. The number of halogens is 1. The summed E-state index contributed by atoms with van der Waals surface area (Å²) in [6, 6.07) is -0.585. The lowest BCUT2D eigenvalue weighted by molar-refractivity contribution is -0.140. The van der Waals surface area contributed by atoms with Crippen molar-refractivity contribution in [3.05, 3.63) is 87.7 Å². The Morgan fingerprint density at radius 2 is 0.952 bits per heavy atom. The predicted octanol–water partition coefficient (Wildman–Crippen LogP) is -8.07. The fraction of sp³-hybridized carbons (Fsp3) is 0.570. The summed E-state index contributed by atoms with van der Waals surface area (Å²) in [5.74, 6) is -17.0. The number of nitrogens with one attached hydrogen (secondary N) is 14. The van der Waals surface area contributed by atoms with Gasteiger partial charge in [-0.1, -0.05) is 53.1 Å². The summed E-state index contributed by atoms with van der Waals surface area (Å²) in [6.07, 6.45) is -33.8. The first kappa shape index (κ1) is 122. The summed E-state index contributed by atoms with van der Waals surface area (Å²) in [7, 11) is 2.31. The second kappa shape index (κ2) is 61.6. The van der Waals surface area contributed by atoms with Gasteiger partial charge in [-0.2, -0.15) is 15.0 Å². The van der Waals surface area contributed by atoms with Gasteiger partial charge in [0.15, 0.2) is 28.1 Å². The first-order valence-corrected chi connectivity index (χ1v) is 48.5. The van der Waals surface area contributed by atoms with Gasteiger partial charge in [0.25, 0.3) is 11.5 Å². The fourth-order valence-corrected chi connectivity index (χ4v) is 15.3. The van der Waals surface area contributed by atoms with Gasteiger partial charge in [-0.15, -0.1) is 0 Å². The molecule has 57 nitrogen and oxygen atoms in total. The molecule has 0 bridgehead atoms. The predicted molar refractivity (Wildman–Crippen MR) is 516 cm³/mol. The number of fused-ring (bicyclic) bond motifs is 2. The smallest absolute Gasteiger partial charge is 0.481 e. The molecule has 0 aliphatic carbocycles. The zero-order valence-corrected chi connectivity index (χ0v) is 81.6. The van der Waals surface area contributed by atoms with Gasteiger partial charge in [0.05, 0.1) is 68.9 Å². The normalized spacial score (nSPS) is 15.4. The number of carbonyl (C=O) groups excluding carboxylic acids is 11. The van der Waals surface area contributed by atoms with Crippen molar-refractivity contribution < 1.29 is 169 Å². The van der Waals surface area contributed by atoms with Crippen molar-refractivity contribution in [3.63, 3.8) is 0 Å². The third-order valence-corrected chi connectivity index (χ3v) is 24.5. The largest absolute Gasteiger partial charge is 0.508 e. The number of benzene rings is 2. The number of aliphatic hydroxyl groups excluding tert-OH is 15. The molecule has 4 heterocycles. The van der Waals surface area contributed by atoms with Crippen LogP contribution in [0.3, 0.4) is 0 Å². The maximum atomic E-state index is 14.9. The van der Waals surface area contributed by atoms with E-state index in [-0.39, 0.29) is 84.1 Å². The highest BCUT2D eigenvalue weighted by Crippen LogP contribution is 2.29. The molecular weight excluding hydrogens is 2000 g/mol. The highest BCUT2D eigenvalue weighted by Gasteiger charge is 2.39. The van der Waals surface area contributed by atoms with Crippen LogP contribution in [0.15, 0.2) is 65.8 Å². The highest BCUT2D eigenvalue weighted by atomic mass is 35.5.